The average Bonchev–Trinajstić information content (AvgIpc) is 3.32. The van der Waals surface area contributed by atoms with E-state index in [1.165, 1.54) is 5.56 Å². The van der Waals surface area contributed by atoms with Crippen LogP contribution < -0.4 is 5.32 Å². The maximum absolute atomic E-state index is 12.5. The van der Waals surface area contributed by atoms with Crippen molar-refractivity contribution in [2.75, 3.05) is 0 Å². The van der Waals surface area contributed by atoms with E-state index in [9.17, 15) is 4.79 Å². The number of rotatable bonds is 6. The lowest BCUT2D eigenvalue weighted by Gasteiger charge is -2.06. The average molecular weight is 388 g/mol. The number of aromatic nitrogens is 5. The van der Waals surface area contributed by atoms with Crippen molar-refractivity contribution in [1.82, 2.24) is 29.9 Å². The van der Waals surface area contributed by atoms with Crippen LogP contribution in [-0.2, 0) is 24.4 Å². The summed E-state index contributed by atoms with van der Waals surface area (Å²) in [6.07, 6.45) is 3.67. The number of pyridine rings is 1. The zero-order chi connectivity index (χ0) is 20.4. The highest BCUT2D eigenvalue weighted by Crippen LogP contribution is 2.29. The molecule has 0 fully saturated rings. The van der Waals surface area contributed by atoms with Crippen molar-refractivity contribution in [1.29, 1.82) is 0 Å². The third kappa shape index (κ3) is 3.89. The minimum Gasteiger partial charge on any atom is -0.349 e. The number of hydrogen-bond acceptors (Lipinski definition) is 4. The van der Waals surface area contributed by atoms with Crippen LogP contribution in [0.2, 0.25) is 0 Å². The summed E-state index contributed by atoms with van der Waals surface area (Å²) in [4.78, 5) is 17.0. The third-order valence-corrected chi connectivity index (χ3v) is 4.95. The summed E-state index contributed by atoms with van der Waals surface area (Å²) < 4.78 is 3.50. The van der Waals surface area contributed by atoms with Gasteiger partial charge in [-0.2, -0.15) is 10.2 Å². The maximum Gasteiger partial charge on any atom is 0.242 e. The summed E-state index contributed by atoms with van der Waals surface area (Å²) in [5.41, 5.74) is 5.81. The third-order valence-electron chi connectivity index (χ3n) is 4.95. The van der Waals surface area contributed by atoms with Crippen molar-refractivity contribution in [3.63, 3.8) is 0 Å². The van der Waals surface area contributed by atoms with Gasteiger partial charge in [0.1, 0.15) is 6.54 Å². The number of nitrogens with one attached hydrogen (secondary N) is 1. The highest BCUT2D eigenvalue weighted by molar-refractivity contribution is 5.95. The van der Waals surface area contributed by atoms with Gasteiger partial charge in [-0.1, -0.05) is 29.8 Å². The molecule has 0 spiro atoms. The van der Waals surface area contributed by atoms with Crippen LogP contribution in [0.1, 0.15) is 23.9 Å². The number of benzene rings is 1. The zero-order valence-corrected chi connectivity index (χ0v) is 16.9. The standard InChI is InChI=1S/C22H24N6O/c1-4-27-12-10-18(26-27)13-24-20(29)14-28-22-21(16(3)25-28)19(9-11-23-22)17-7-5-15(2)6-8-17/h5-12H,4,13-14H2,1-3H3,(H,24,29). The van der Waals surface area contributed by atoms with Gasteiger partial charge in [0.15, 0.2) is 5.65 Å². The highest BCUT2D eigenvalue weighted by atomic mass is 16.2. The fourth-order valence-electron chi connectivity index (χ4n) is 3.42. The second-order valence-electron chi connectivity index (χ2n) is 7.11. The summed E-state index contributed by atoms with van der Waals surface area (Å²) in [5.74, 6) is -0.122. The first kappa shape index (κ1) is 18.9. The summed E-state index contributed by atoms with van der Waals surface area (Å²) in [6, 6.07) is 12.3. The molecule has 3 heterocycles. The SMILES string of the molecule is CCn1ccc(CNC(=O)Cn2nc(C)c3c(-c4ccc(C)cc4)ccnc32)n1. The van der Waals surface area contributed by atoms with E-state index in [1.54, 1.807) is 10.9 Å². The van der Waals surface area contributed by atoms with Crippen molar-refractivity contribution in [2.24, 2.45) is 0 Å². The van der Waals surface area contributed by atoms with Crippen molar-refractivity contribution in [2.45, 2.75) is 40.4 Å². The van der Waals surface area contributed by atoms with Gasteiger partial charge in [0.05, 0.1) is 17.9 Å². The Hall–Kier alpha value is -3.48. The Morgan fingerprint density at radius 2 is 1.86 bits per heavy atom. The molecule has 1 aromatic carbocycles. The Morgan fingerprint density at radius 3 is 2.59 bits per heavy atom. The van der Waals surface area contributed by atoms with Gasteiger partial charge >= 0.3 is 0 Å². The minimum absolute atomic E-state index is 0.114. The molecule has 0 saturated heterocycles. The quantitative estimate of drug-likeness (QED) is 0.550. The molecular weight excluding hydrogens is 364 g/mol. The molecule has 0 unspecified atom stereocenters. The topological polar surface area (TPSA) is 77.6 Å². The van der Waals surface area contributed by atoms with Crippen LogP contribution in [0.5, 0.6) is 0 Å². The molecule has 4 rings (SSSR count). The lowest BCUT2D eigenvalue weighted by Crippen LogP contribution is -2.27. The van der Waals surface area contributed by atoms with Gasteiger partial charge in [-0.15, -0.1) is 0 Å². The van der Waals surface area contributed by atoms with E-state index in [-0.39, 0.29) is 12.5 Å². The molecule has 29 heavy (non-hydrogen) atoms. The number of nitrogens with zero attached hydrogens (tertiary/aromatic N) is 5. The van der Waals surface area contributed by atoms with Crippen LogP contribution in [0, 0.1) is 13.8 Å². The molecule has 0 atom stereocenters. The van der Waals surface area contributed by atoms with Crippen LogP contribution >= 0.6 is 0 Å². The molecule has 7 nitrogen and oxygen atoms in total. The van der Waals surface area contributed by atoms with E-state index in [1.807, 2.05) is 36.9 Å². The number of aryl methyl sites for hydroxylation is 3. The first-order valence-corrected chi connectivity index (χ1v) is 9.73. The van der Waals surface area contributed by atoms with Crippen molar-refractivity contribution < 1.29 is 4.79 Å². The Morgan fingerprint density at radius 1 is 1.07 bits per heavy atom. The monoisotopic (exact) mass is 388 g/mol. The molecule has 3 aromatic heterocycles. The van der Waals surface area contributed by atoms with Gasteiger partial charge in [0.2, 0.25) is 5.91 Å². The predicted octanol–water partition coefficient (Wildman–Crippen LogP) is 3.25. The number of carbonyl (C=O) groups excluding carboxylic acids is 1. The summed E-state index contributed by atoms with van der Waals surface area (Å²) in [5, 5.41) is 12.8. The van der Waals surface area contributed by atoms with E-state index in [4.69, 9.17) is 0 Å². The second-order valence-corrected chi connectivity index (χ2v) is 7.11. The van der Waals surface area contributed by atoms with E-state index >= 15 is 0 Å². The molecule has 0 aliphatic rings. The van der Waals surface area contributed by atoms with E-state index in [2.05, 4.69) is 51.7 Å². The Labute approximate surface area is 169 Å². The van der Waals surface area contributed by atoms with Crippen LogP contribution in [0.4, 0.5) is 0 Å². The normalized spacial score (nSPS) is 11.1. The van der Waals surface area contributed by atoms with Crippen LogP contribution in [0.3, 0.4) is 0 Å². The van der Waals surface area contributed by atoms with E-state index < -0.39 is 0 Å². The lowest BCUT2D eigenvalue weighted by molar-refractivity contribution is -0.121. The lowest BCUT2D eigenvalue weighted by atomic mass is 10.0. The smallest absolute Gasteiger partial charge is 0.242 e. The molecule has 0 radical (unpaired) electrons. The predicted molar refractivity (Wildman–Crippen MR) is 112 cm³/mol. The fourth-order valence-corrected chi connectivity index (χ4v) is 3.42. The Bertz CT molecular complexity index is 1160. The molecule has 0 bridgehead atoms. The maximum atomic E-state index is 12.5. The second kappa shape index (κ2) is 7.87. The molecule has 1 amide bonds. The van der Waals surface area contributed by atoms with Crippen LogP contribution in [0.15, 0.2) is 48.8 Å². The van der Waals surface area contributed by atoms with Gasteiger partial charge in [-0.3, -0.25) is 9.48 Å². The van der Waals surface area contributed by atoms with Crippen LogP contribution in [0.25, 0.3) is 22.2 Å². The van der Waals surface area contributed by atoms with Crippen LogP contribution in [-0.4, -0.2) is 30.5 Å². The van der Waals surface area contributed by atoms with Gasteiger partial charge in [0, 0.05) is 24.3 Å². The molecule has 0 aliphatic heterocycles. The highest BCUT2D eigenvalue weighted by Gasteiger charge is 2.16. The molecule has 148 valence electrons. The molecule has 1 N–H and O–H groups in total. The molecule has 0 aliphatic carbocycles. The molecule has 4 aromatic rings. The number of fused-ring (bicyclic) bond motifs is 1. The van der Waals surface area contributed by atoms with Crippen molar-refractivity contribution in [3.8, 4) is 11.1 Å². The summed E-state index contributed by atoms with van der Waals surface area (Å²) in [7, 11) is 0. The van der Waals surface area contributed by atoms with Gasteiger partial charge in [-0.25, -0.2) is 9.67 Å². The zero-order valence-electron chi connectivity index (χ0n) is 16.9. The van der Waals surface area contributed by atoms with Gasteiger partial charge in [-0.05, 0) is 44.0 Å². The van der Waals surface area contributed by atoms with Crippen molar-refractivity contribution >= 4 is 16.9 Å². The number of amides is 1. The fraction of sp³-hybridized carbons (Fsp3) is 0.273. The van der Waals surface area contributed by atoms with Crippen molar-refractivity contribution in [3.05, 3.63) is 65.7 Å². The Balaban J connectivity index is 1.56. The first-order valence-electron chi connectivity index (χ1n) is 9.73. The number of carbonyl (C=O) groups is 1. The van der Waals surface area contributed by atoms with E-state index in [0.717, 1.165) is 34.4 Å². The molecular formula is C22H24N6O. The molecule has 0 saturated carbocycles. The summed E-state index contributed by atoms with van der Waals surface area (Å²) >= 11 is 0. The summed E-state index contributed by atoms with van der Waals surface area (Å²) in [6.45, 7) is 7.36. The minimum atomic E-state index is -0.122. The van der Waals surface area contributed by atoms with Gasteiger partial charge in [0.25, 0.3) is 0 Å². The molecule has 7 heteroatoms. The Kier molecular flexibility index (Phi) is 5.12. The van der Waals surface area contributed by atoms with Gasteiger partial charge < -0.3 is 5.32 Å². The number of hydrogen-bond donors (Lipinski definition) is 1. The van der Waals surface area contributed by atoms with E-state index in [0.29, 0.717) is 12.2 Å². The largest absolute Gasteiger partial charge is 0.349 e. The first-order chi connectivity index (χ1) is 14.0.